The highest BCUT2D eigenvalue weighted by Gasteiger charge is 2.61. The second kappa shape index (κ2) is 6.78. The van der Waals surface area contributed by atoms with Crippen molar-refractivity contribution < 1.29 is 23.8 Å². The molecule has 2 aliphatic heterocycles. The van der Waals surface area contributed by atoms with Gasteiger partial charge in [0.1, 0.15) is 29.6 Å². The number of rotatable bonds is 4. The Labute approximate surface area is 156 Å². The fourth-order valence-corrected chi connectivity index (χ4v) is 3.61. The molecule has 0 unspecified atom stereocenters. The lowest BCUT2D eigenvalue weighted by Gasteiger charge is -2.34. The number of fused-ring (bicyclic) bond motifs is 2. The third-order valence-corrected chi connectivity index (χ3v) is 4.74. The van der Waals surface area contributed by atoms with Gasteiger partial charge in [-0.3, -0.25) is 4.79 Å². The summed E-state index contributed by atoms with van der Waals surface area (Å²) >= 11 is 0. The number of nitrogens with zero attached hydrogens (tertiary/aromatic N) is 2. The number of allylic oxidation sites excluding steroid dienone is 1. The van der Waals surface area contributed by atoms with Crippen molar-refractivity contribution in [2.45, 2.75) is 12.3 Å². The first-order valence-electron chi connectivity index (χ1n) is 8.24. The first-order valence-corrected chi connectivity index (χ1v) is 8.24. The van der Waals surface area contributed by atoms with Crippen LogP contribution >= 0.6 is 0 Å². The maximum atomic E-state index is 13.4. The highest BCUT2D eigenvalue weighted by molar-refractivity contribution is 6.18. The Morgan fingerprint density at radius 3 is 2.74 bits per heavy atom. The summed E-state index contributed by atoms with van der Waals surface area (Å²) in [5.41, 5.74) is 5.13. The second-order valence-corrected chi connectivity index (χ2v) is 6.14. The van der Waals surface area contributed by atoms with E-state index in [0.717, 1.165) is 0 Å². The molecule has 0 saturated heterocycles. The van der Waals surface area contributed by atoms with Gasteiger partial charge in [-0.15, -0.1) is 0 Å². The van der Waals surface area contributed by atoms with Gasteiger partial charge in [0.25, 0.3) is 0 Å². The third kappa shape index (κ3) is 2.47. The monoisotopic (exact) mass is 369 g/mol. The number of benzene rings is 1. The number of likely N-dealkylation sites (N-methyl/N-ethyl adjacent to an activating group) is 1. The maximum Gasteiger partial charge on any atom is 0.339 e. The fourth-order valence-electron chi connectivity index (χ4n) is 3.61. The Morgan fingerprint density at radius 1 is 1.37 bits per heavy atom. The Bertz CT molecular complexity index is 928. The molecule has 1 aromatic rings. The van der Waals surface area contributed by atoms with Gasteiger partial charge < -0.3 is 24.8 Å². The van der Waals surface area contributed by atoms with Crippen LogP contribution in [0.2, 0.25) is 0 Å². The molecule has 8 heteroatoms. The van der Waals surface area contributed by atoms with Crippen molar-refractivity contribution in [2.24, 2.45) is 5.73 Å². The van der Waals surface area contributed by atoms with Crippen LogP contribution in [0, 0.1) is 11.3 Å². The predicted octanol–water partition coefficient (Wildman–Crippen LogP) is 1.09. The molecule has 0 aromatic heterocycles. The highest BCUT2D eigenvalue weighted by Crippen LogP contribution is 2.53. The maximum absolute atomic E-state index is 13.4. The van der Waals surface area contributed by atoms with Gasteiger partial charge in [0.05, 0.1) is 6.61 Å². The number of carbonyl (C=O) groups is 2. The van der Waals surface area contributed by atoms with Crippen LogP contribution in [0.1, 0.15) is 12.5 Å². The molecule has 2 heterocycles. The van der Waals surface area contributed by atoms with Gasteiger partial charge in [-0.25, -0.2) is 4.79 Å². The molecule has 140 valence electrons. The smallest absolute Gasteiger partial charge is 0.339 e. The number of amides is 1. The standard InChI is InChI=1S/C19H19N3O5/c1-11-15(17(23)26-9-8-25-3)19(13(10-20)16(21)27-11)12-6-4-5-7-14(12)22(2)18(19)24/h4-7H,8-9,21H2,1-3H3/t19-/m0/s1. The van der Waals surface area contributed by atoms with E-state index in [1.807, 2.05) is 6.07 Å². The SMILES string of the molecule is COCCOC(=O)C1=C(C)OC(N)=C(C#N)[C@]12C(=O)N(C)c1ccccc12. The zero-order valence-corrected chi connectivity index (χ0v) is 15.2. The Kier molecular flexibility index (Phi) is 4.64. The normalized spacial score (nSPS) is 21.3. The van der Waals surface area contributed by atoms with Crippen molar-refractivity contribution in [1.82, 2.24) is 0 Å². The molecule has 27 heavy (non-hydrogen) atoms. The molecule has 0 aliphatic carbocycles. The van der Waals surface area contributed by atoms with Crippen LogP contribution in [-0.4, -0.2) is 39.2 Å². The Morgan fingerprint density at radius 2 is 2.07 bits per heavy atom. The minimum Gasteiger partial charge on any atom is -0.460 e. The number of anilines is 1. The number of methoxy groups -OCH3 is 1. The molecule has 1 aromatic carbocycles. The van der Waals surface area contributed by atoms with Gasteiger partial charge in [-0.05, 0) is 13.0 Å². The number of ether oxygens (including phenoxy) is 3. The van der Waals surface area contributed by atoms with Crippen molar-refractivity contribution in [3.05, 3.63) is 52.6 Å². The molecule has 3 rings (SSSR count). The van der Waals surface area contributed by atoms with E-state index >= 15 is 0 Å². The van der Waals surface area contributed by atoms with Crippen LogP contribution in [0.15, 0.2) is 47.1 Å². The number of hydrogen-bond donors (Lipinski definition) is 1. The van der Waals surface area contributed by atoms with E-state index in [4.69, 9.17) is 19.9 Å². The van der Waals surface area contributed by atoms with E-state index in [0.29, 0.717) is 11.3 Å². The molecule has 1 spiro atoms. The minimum atomic E-state index is -1.70. The molecule has 0 fully saturated rings. The molecule has 0 bridgehead atoms. The van der Waals surface area contributed by atoms with E-state index in [9.17, 15) is 14.9 Å². The van der Waals surface area contributed by atoms with Gasteiger partial charge in [0.15, 0.2) is 5.41 Å². The molecule has 1 amide bonds. The van der Waals surface area contributed by atoms with Crippen LogP contribution in [0.25, 0.3) is 0 Å². The summed E-state index contributed by atoms with van der Waals surface area (Å²) in [6.45, 7) is 1.71. The first kappa shape index (κ1) is 18.5. The summed E-state index contributed by atoms with van der Waals surface area (Å²) in [7, 11) is 3.06. The lowest BCUT2D eigenvalue weighted by atomic mass is 9.68. The van der Waals surface area contributed by atoms with Crippen molar-refractivity contribution in [2.75, 3.05) is 32.3 Å². The van der Waals surface area contributed by atoms with Gasteiger partial charge in [0.2, 0.25) is 11.8 Å². The number of nitriles is 1. The lowest BCUT2D eigenvalue weighted by molar-refractivity contribution is -0.142. The first-order chi connectivity index (χ1) is 12.9. The zero-order chi connectivity index (χ0) is 19.8. The Hall–Kier alpha value is -3.31. The summed E-state index contributed by atoms with van der Waals surface area (Å²) in [6, 6.07) is 8.91. The van der Waals surface area contributed by atoms with Crippen LogP contribution in [0.5, 0.6) is 0 Å². The van der Waals surface area contributed by atoms with Gasteiger partial charge >= 0.3 is 5.97 Å². The number of esters is 1. The molecule has 2 N–H and O–H groups in total. The van der Waals surface area contributed by atoms with Crippen molar-refractivity contribution in [1.29, 1.82) is 5.26 Å². The number of para-hydroxylation sites is 1. The largest absolute Gasteiger partial charge is 0.460 e. The number of carbonyl (C=O) groups excluding carboxylic acids is 2. The van der Waals surface area contributed by atoms with Crippen LogP contribution in [0.3, 0.4) is 0 Å². The van der Waals surface area contributed by atoms with Crippen molar-refractivity contribution >= 4 is 17.6 Å². The molecule has 2 aliphatic rings. The number of hydrogen-bond acceptors (Lipinski definition) is 7. The average Bonchev–Trinajstić information content (AvgIpc) is 2.85. The molecular formula is C19H19N3O5. The van der Waals surface area contributed by atoms with Gasteiger partial charge in [-0.2, -0.15) is 5.26 Å². The molecule has 0 radical (unpaired) electrons. The third-order valence-electron chi connectivity index (χ3n) is 4.74. The van der Waals surface area contributed by atoms with Crippen LogP contribution in [-0.2, 0) is 29.2 Å². The quantitative estimate of drug-likeness (QED) is 0.624. The minimum absolute atomic E-state index is 0.00501. The van der Waals surface area contributed by atoms with E-state index in [1.54, 1.807) is 31.3 Å². The van der Waals surface area contributed by atoms with Crippen molar-refractivity contribution in [3.8, 4) is 6.07 Å². The second-order valence-electron chi connectivity index (χ2n) is 6.14. The summed E-state index contributed by atoms with van der Waals surface area (Å²) in [5, 5.41) is 9.78. The van der Waals surface area contributed by atoms with E-state index in [-0.39, 0.29) is 36.0 Å². The average molecular weight is 369 g/mol. The van der Waals surface area contributed by atoms with E-state index in [2.05, 4.69) is 0 Å². The van der Waals surface area contributed by atoms with Crippen LogP contribution in [0.4, 0.5) is 5.69 Å². The topological polar surface area (TPSA) is 115 Å². The lowest BCUT2D eigenvalue weighted by Crippen LogP contribution is -2.47. The van der Waals surface area contributed by atoms with Gasteiger partial charge in [0, 0.05) is 25.4 Å². The van der Waals surface area contributed by atoms with E-state index < -0.39 is 17.3 Å². The van der Waals surface area contributed by atoms with Crippen LogP contribution < -0.4 is 10.6 Å². The molecule has 1 atom stereocenters. The highest BCUT2D eigenvalue weighted by atomic mass is 16.6. The summed E-state index contributed by atoms with van der Waals surface area (Å²) < 4.78 is 15.6. The fraction of sp³-hybridized carbons (Fsp3) is 0.316. The predicted molar refractivity (Wildman–Crippen MR) is 95.0 cm³/mol. The molecular weight excluding hydrogens is 350 g/mol. The molecule has 8 nitrogen and oxygen atoms in total. The number of nitrogens with two attached hydrogens (primary N) is 1. The van der Waals surface area contributed by atoms with Gasteiger partial charge in [-0.1, -0.05) is 18.2 Å². The summed E-state index contributed by atoms with van der Waals surface area (Å²) in [4.78, 5) is 27.7. The zero-order valence-electron chi connectivity index (χ0n) is 15.2. The Balaban J connectivity index is 2.28. The van der Waals surface area contributed by atoms with E-state index in [1.165, 1.54) is 18.9 Å². The summed E-state index contributed by atoms with van der Waals surface area (Å²) in [6.07, 6.45) is 0. The van der Waals surface area contributed by atoms with Crippen molar-refractivity contribution in [3.63, 3.8) is 0 Å². The molecule has 0 saturated carbocycles. The summed E-state index contributed by atoms with van der Waals surface area (Å²) in [5.74, 6) is -1.32.